The van der Waals surface area contributed by atoms with Gasteiger partial charge in [-0.1, -0.05) is 30.3 Å². The summed E-state index contributed by atoms with van der Waals surface area (Å²) in [5.41, 5.74) is 3.59. The van der Waals surface area contributed by atoms with Crippen LogP contribution in [-0.4, -0.2) is 50.9 Å². The SMILES string of the molecule is CCN(C(=O)O)C1(c2nc3cc(-c4ccc(B5OC(C)(C)C(C)(C)O5)cc4)ccc3[nH]2)CCC1. The van der Waals surface area contributed by atoms with Crippen LogP contribution in [0, 0.1) is 0 Å². The Kier molecular flexibility index (Phi) is 5.30. The van der Waals surface area contributed by atoms with Crippen LogP contribution in [0.3, 0.4) is 0 Å². The van der Waals surface area contributed by atoms with E-state index >= 15 is 0 Å². The number of H-pyrrole nitrogens is 1. The lowest BCUT2D eigenvalue weighted by Crippen LogP contribution is -2.53. The summed E-state index contributed by atoms with van der Waals surface area (Å²) in [4.78, 5) is 21.6. The van der Waals surface area contributed by atoms with Gasteiger partial charge >= 0.3 is 13.2 Å². The van der Waals surface area contributed by atoms with E-state index in [1.54, 1.807) is 0 Å². The monoisotopic (exact) mass is 461 g/mol. The maximum absolute atomic E-state index is 11.9. The number of aromatic amines is 1. The van der Waals surface area contributed by atoms with Gasteiger partial charge < -0.3 is 19.4 Å². The second kappa shape index (κ2) is 7.85. The average molecular weight is 461 g/mol. The molecule has 2 aromatic carbocycles. The van der Waals surface area contributed by atoms with E-state index < -0.39 is 11.6 Å². The minimum Gasteiger partial charge on any atom is -0.465 e. The zero-order valence-electron chi connectivity index (χ0n) is 20.5. The fraction of sp³-hybridized carbons (Fsp3) is 0.462. The Morgan fingerprint density at radius 3 is 2.21 bits per heavy atom. The van der Waals surface area contributed by atoms with Gasteiger partial charge in [0.15, 0.2) is 0 Å². The van der Waals surface area contributed by atoms with Crippen LogP contribution in [0.5, 0.6) is 0 Å². The summed E-state index contributed by atoms with van der Waals surface area (Å²) in [6.07, 6.45) is 1.69. The van der Waals surface area contributed by atoms with Gasteiger partial charge in [0.1, 0.15) is 11.4 Å². The molecule has 5 rings (SSSR count). The maximum atomic E-state index is 11.9. The van der Waals surface area contributed by atoms with Crippen LogP contribution >= 0.6 is 0 Å². The molecule has 0 unspecified atom stereocenters. The highest BCUT2D eigenvalue weighted by Crippen LogP contribution is 2.46. The van der Waals surface area contributed by atoms with Crippen molar-refractivity contribution >= 4 is 29.7 Å². The lowest BCUT2D eigenvalue weighted by molar-refractivity contribution is 0.00578. The van der Waals surface area contributed by atoms with Crippen LogP contribution in [0.15, 0.2) is 42.5 Å². The fourth-order valence-corrected chi connectivity index (χ4v) is 4.98. The first-order chi connectivity index (χ1) is 16.1. The van der Waals surface area contributed by atoms with Crippen LogP contribution in [0.25, 0.3) is 22.2 Å². The van der Waals surface area contributed by atoms with Crippen molar-refractivity contribution in [1.29, 1.82) is 0 Å². The van der Waals surface area contributed by atoms with Crippen molar-refractivity contribution in [3.63, 3.8) is 0 Å². The van der Waals surface area contributed by atoms with E-state index in [1.807, 2.05) is 25.1 Å². The first-order valence-corrected chi connectivity index (χ1v) is 12.0. The predicted molar refractivity (Wildman–Crippen MR) is 133 cm³/mol. The maximum Gasteiger partial charge on any atom is 0.494 e. The number of benzene rings is 2. The molecule has 1 aliphatic carbocycles. The molecule has 0 spiro atoms. The fourth-order valence-electron chi connectivity index (χ4n) is 4.98. The second-order valence-electron chi connectivity index (χ2n) is 10.4. The normalized spacial score (nSPS) is 20.3. The van der Waals surface area contributed by atoms with Gasteiger partial charge in [-0.2, -0.15) is 0 Å². The molecule has 1 aliphatic heterocycles. The Labute approximate surface area is 200 Å². The quantitative estimate of drug-likeness (QED) is 0.528. The summed E-state index contributed by atoms with van der Waals surface area (Å²) in [6.45, 7) is 10.5. The van der Waals surface area contributed by atoms with Gasteiger partial charge in [0.05, 0.1) is 22.2 Å². The Hall–Kier alpha value is -2.84. The number of carbonyl (C=O) groups is 1. The van der Waals surface area contributed by atoms with Crippen molar-refractivity contribution < 1.29 is 19.2 Å². The first-order valence-electron chi connectivity index (χ1n) is 12.0. The lowest BCUT2D eigenvalue weighted by atomic mass is 9.74. The average Bonchev–Trinajstić information content (AvgIpc) is 3.27. The van der Waals surface area contributed by atoms with E-state index in [4.69, 9.17) is 14.3 Å². The molecule has 1 saturated carbocycles. The number of nitrogens with one attached hydrogen (secondary N) is 1. The molecule has 2 heterocycles. The largest absolute Gasteiger partial charge is 0.494 e. The second-order valence-corrected chi connectivity index (χ2v) is 10.4. The van der Waals surface area contributed by atoms with Gasteiger partial charge in [-0.3, -0.25) is 4.90 Å². The molecule has 2 aliphatic rings. The lowest BCUT2D eigenvalue weighted by Gasteiger charge is -2.47. The van der Waals surface area contributed by atoms with Gasteiger partial charge in [0.2, 0.25) is 0 Å². The minimum absolute atomic E-state index is 0.370. The van der Waals surface area contributed by atoms with Crippen molar-refractivity contribution in [2.24, 2.45) is 0 Å². The zero-order chi connectivity index (χ0) is 24.3. The third kappa shape index (κ3) is 3.51. The van der Waals surface area contributed by atoms with Crippen molar-refractivity contribution in [2.45, 2.75) is 70.6 Å². The van der Waals surface area contributed by atoms with E-state index in [0.29, 0.717) is 6.54 Å². The predicted octanol–water partition coefficient (Wildman–Crippen LogP) is 4.91. The minimum atomic E-state index is -0.898. The Morgan fingerprint density at radius 1 is 1.06 bits per heavy atom. The number of hydrogen-bond acceptors (Lipinski definition) is 4. The molecular weight excluding hydrogens is 429 g/mol. The topological polar surface area (TPSA) is 87.7 Å². The number of imidazole rings is 1. The molecule has 8 heteroatoms. The van der Waals surface area contributed by atoms with E-state index in [2.05, 4.69) is 56.9 Å². The van der Waals surface area contributed by atoms with E-state index in [0.717, 1.165) is 52.7 Å². The molecular formula is C26H32BN3O4. The molecule has 34 heavy (non-hydrogen) atoms. The third-order valence-electron chi connectivity index (χ3n) is 7.94. The van der Waals surface area contributed by atoms with Crippen molar-refractivity contribution in [2.75, 3.05) is 6.54 Å². The molecule has 1 saturated heterocycles. The van der Waals surface area contributed by atoms with Crippen LogP contribution in [0.1, 0.15) is 59.7 Å². The summed E-state index contributed by atoms with van der Waals surface area (Å²) in [5.74, 6) is 0.742. The number of fused-ring (bicyclic) bond motifs is 1. The number of carboxylic acid groups (broad SMARTS) is 1. The summed E-state index contributed by atoms with van der Waals surface area (Å²) < 4.78 is 12.3. The summed E-state index contributed by atoms with van der Waals surface area (Å²) in [6, 6.07) is 14.4. The van der Waals surface area contributed by atoms with Crippen LogP contribution < -0.4 is 5.46 Å². The van der Waals surface area contributed by atoms with Crippen LogP contribution in [0.2, 0.25) is 0 Å². The Bertz CT molecular complexity index is 1210. The molecule has 0 bridgehead atoms. The third-order valence-corrected chi connectivity index (χ3v) is 7.94. The van der Waals surface area contributed by atoms with Crippen molar-refractivity contribution in [3.05, 3.63) is 48.3 Å². The highest BCUT2D eigenvalue weighted by Gasteiger charge is 2.51. The van der Waals surface area contributed by atoms with E-state index in [-0.39, 0.29) is 18.3 Å². The number of amides is 1. The van der Waals surface area contributed by atoms with Gasteiger partial charge in [0, 0.05) is 6.54 Å². The highest BCUT2D eigenvalue weighted by molar-refractivity contribution is 6.62. The number of nitrogens with zero attached hydrogens (tertiary/aromatic N) is 2. The van der Waals surface area contributed by atoms with Crippen molar-refractivity contribution in [3.8, 4) is 11.1 Å². The Morgan fingerprint density at radius 2 is 1.68 bits per heavy atom. The number of aromatic nitrogens is 2. The van der Waals surface area contributed by atoms with Gasteiger partial charge in [-0.15, -0.1) is 0 Å². The van der Waals surface area contributed by atoms with Crippen LogP contribution in [-0.2, 0) is 14.8 Å². The van der Waals surface area contributed by atoms with E-state index in [9.17, 15) is 9.90 Å². The van der Waals surface area contributed by atoms with Crippen LogP contribution in [0.4, 0.5) is 4.79 Å². The molecule has 3 aromatic rings. The smallest absolute Gasteiger partial charge is 0.465 e. The highest BCUT2D eigenvalue weighted by atomic mass is 16.7. The molecule has 1 amide bonds. The van der Waals surface area contributed by atoms with Gasteiger partial charge in [0.25, 0.3) is 0 Å². The summed E-state index contributed by atoms with van der Waals surface area (Å²) in [5, 5.41) is 9.73. The van der Waals surface area contributed by atoms with Crippen molar-refractivity contribution in [1.82, 2.24) is 14.9 Å². The molecule has 2 fully saturated rings. The standard InChI is InChI=1S/C26H32BN3O4/c1-6-30(23(31)32)26(14-7-15-26)22-28-20-13-10-18(16-21(20)29-22)17-8-11-19(12-9-17)27-33-24(2,3)25(4,5)34-27/h8-13,16H,6-7,14-15H2,1-5H3,(H,28,29)(H,31,32). The zero-order valence-corrected chi connectivity index (χ0v) is 20.5. The van der Waals surface area contributed by atoms with E-state index in [1.165, 1.54) is 4.90 Å². The molecule has 1 aromatic heterocycles. The van der Waals surface area contributed by atoms with Gasteiger partial charge in [-0.25, -0.2) is 9.78 Å². The number of hydrogen-bond donors (Lipinski definition) is 2. The number of rotatable bonds is 5. The molecule has 2 N–H and O–H groups in total. The summed E-state index contributed by atoms with van der Waals surface area (Å²) in [7, 11) is -0.384. The summed E-state index contributed by atoms with van der Waals surface area (Å²) >= 11 is 0. The first kappa shape index (κ1) is 22.9. The molecule has 7 nitrogen and oxygen atoms in total. The Balaban J connectivity index is 1.42. The molecule has 0 radical (unpaired) electrons. The molecule has 0 atom stereocenters. The van der Waals surface area contributed by atoms with Gasteiger partial charge in [-0.05, 0) is 82.6 Å². The molecule has 178 valence electrons.